The maximum absolute atomic E-state index is 3.79. The molecule has 1 unspecified atom stereocenters. The van der Waals surface area contributed by atoms with Gasteiger partial charge in [0.05, 0.1) is 0 Å². The van der Waals surface area contributed by atoms with E-state index in [9.17, 15) is 0 Å². The first-order valence-corrected chi connectivity index (χ1v) is 8.09. The molecule has 2 heteroatoms. The smallest absolute Gasteiger partial charge is 0.00684 e. The second-order valence-corrected chi connectivity index (χ2v) is 6.92. The van der Waals surface area contributed by atoms with Crippen LogP contribution in [0.1, 0.15) is 65.2 Å². The highest BCUT2D eigenvalue weighted by atomic mass is 15.1. The molecule has 2 fully saturated rings. The summed E-state index contributed by atoms with van der Waals surface area (Å²) in [5.41, 5.74) is 0.583. The summed E-state index contributed by atoms with van der Waals surface area (Å²) in [6, 6.07) is 1.61. The summed E-state index contributed by atoms with van der Waals surface area (Å²) >= 11 is 0. The molecule has 1 atom stereocenters. The van der Waals surface area contributed by atoms with E-state index in [1.807, 2.05) is 0 Å². The lowest BCUT2D eigenvalue weighted by Crippen LogP contribution is -2.44. The lowest BCUT2D eigenvalue weighted by Gasteiger charge is -2.36. The molecule has 106 valence electrons. The fraction of sp³-hybridized carbons (Fsp3) is 1.00. The van der Waals surface area contributed by atoms with Gasteiger partial charge >= 0.3 is 0 Å². The lowest BCUT2D eigenvalue weighted by molar-refractivity contribution is 0.136. The molecule has 0 aromatic carbocycles. The SMILES string of the molecule is CCCC(C)N(C)CC1(CNC2CC2)CCCC1. The zero-order valence-electron chi connectivity index (χ0n) is 12.7. The van der Waals surface area contributed by atoms with Crippen LogP contribution in [0.5, 0.6) is 0 Å². The summed E-state index contributed by atoms with van der Waals surface area (Å²) in [5.74, 6) is 0. The van der Waals surface area contributed by atoms with Crippen LogP contribution in [-0.4, -0.2) is 37.1 Å². The first kappa shape index (κ1) is 14.3. The van der Waals surface area contributed by atoms with Crippen molar-refractivity contribution in [3.05, 3.63) is 0 Å². The summed E-state index contributed by atoms with van der Waals surface area (Å²) in [6.45, 7) is 7.25. The lowest BCUT2D eigenvalue weighted by atomic mass is 9.85. The highest BCUT2D eigenvalue weighted by Crippen LogP contribution is 2.39. The molecule has 2 aliphatic carbocycles. The average molecular weight is 252 g/mol. The Kier molecular flexibility index (Phi) is 5.08. The third kappa shape index (κ3) is 3.96. The van der Waals surface area contributed by atoms with Crippen LogP contribution in [0, 0.1) is 5.41 Å². The highest BCUT2D eigenvalue weighted by Gasteiger charge is 2.36. The molecular weight excluding hydrogens is 220 g/mol. The van der Waals surface area contributed by atoms with Gasteiger partial charge in [0, 0.05) is 25.2 Å². The van der Waals surface area contributed by atoms with Gasteiger partial charge in [-0.2, -0.15) is 0 Å². The van der Waals surface area contributed by atoms with Crippen molar-refractivity contribution in [3.63, 3.8) is 0 Å². The van der Waals surface area contributed by atoms with Gasteiger partial charge < -0.3 is 10.2 Å². The molecule has 2 aliphatic rings. The van der Waals surface area contributed by atoms with Crippen LogP contribution in [0.3, 0.4) is 0 Å². The molecule has 0 heterocycles. The van der Waals surface area contributed by atoms with Crippen LogP contribution >= 0.6 is 0 Å². The van der Waals surface area contributed by atoms with E-state index in [0.717, 1.165) is 12.1 Å². The molecule has 0 radical (unpaired) electrons. The van der Waals surface area contributed by atoms with Gasteiger partial charge in [-0.05, 0) is 51.5 Å². The van der Waals surface area contributed by atoms with Gasteiger partial charge in [0.1, 0.15) is 0 Å². The van der Waals surface area contributed by atoms with Crippen LogP contribution in [0.15, 0.2) is 0 Å². The van der Waals surface area contributed by atoms with Crippen LogP contribution in [0.2, 0.25) is 0 Å². The molecule has 0 aromatic heterocycles. The Hall–Kier alpha value is -0.0800. The van der Waals surface area contributed by atoms with E-state index < -0.39 is 0 Å². The van der Waals surface area contributed by atoms with Gasteiger partial charge in [0.25, 0.3) is 0 Å². The Morgan fingerprint density at radius 3 is 2.50 bits per heavy atom. The van der Waals surface area contributed by atoms with Gasteiger partial charge in [-0.3, -0.25) is 0 Å². The Morgan fingerprint density at radius 2 is 1.94 bits per heavy atom. The zero-order valence-corrected chi connectivity index (χ0v) is 12.7. The summed E-state index contributed by atoms with van der Waals surface area (Å²) in [7, 11) is 2.33. The summed E-state index contributed by atoms with van der Waals surface area (Å²) in [6.07, 6.45) is 11.2. The third-order valence-corrected chi connectivity index (χ3v) is 5.05. The first-order chi connectivity index (χ1) is 8.65. The largest absolute Gasteiger partial charge is 0.313 e. The van der Waals surface area contributed by atoms with Gasteiger partial charge in [0.15, 0.2) is 0 Å². The van der Waals surface area contributed by atoms with Crippen molar-refractivity contribution in [3.8, 4) is 0 Å². The minimum Gasteiger partial charge on any atom is -0.313 e. The number of hydrogen-bond acceptors (Lipinski definition) is 2. The number of rotatable bonds is 8. The van der Waals surface area contributed by atoms with Gasteiger partial charge in [-0.1, -0.05) is 26.2 Å². The molecule has 0 aliphatic heterocycles. The van der Waals surface area contributed by atoms with Crippen LogP contribution < -0.4 is 5.32 Å². The Morgan fingerprint density at radius 1 is 1.28 bits per heavy atom. The predicted molar refractivity (Wildman–Crippen MR) is 78.9 cm³/mol. The topological polar surface area (TPSA) is 15.3 Å². The van der Waals surface area contributed by atoms with Crippen molar-refractivity contribution in [2.75, 3.05) is 20.1 Å². The minimum atomic E-state index is 0.583. The monoisotopic (exact) mass is 252 g/mol. The van der Waals surface area contributed by atoms with Crippen molar-refractivity contribution in [2.24, 2.45) is 5.41 Å². The second kappa shape index (κ2) is 6.38. The van der Waals surface area contributed by atoms with Crippen molar-refractivity contribution >= 4 is 0 Å². The number of nitrogens with zero attached hydrogens (tertiary/aromatic N) is 1. The molecule has 2 nitrogen and oxygen atoms in total. The summed E-state index contributed by atoms with van der Waals surface area (Å²) < 4.78 is 0. The molecule has 0 saturated heterocycles. The standard InChI is InChI=1S/C16H32N2/c1-4-7-14(2)18(3)13-16(10-5-6-11-16)12-17-15-8-9-15/h14-15,17H,4-13H2,1-3H3. The maximum atomic E-state index is 3.79. The summed E-state index contributed by atoms with van der Waals surface area (Å²) in [5, 5.41) is 3.79. The Bertz CT molecular complexity index is 241. The molecule has 0 spiro atoms. The molecule has 2 rings (SSSR count). The van der Waals surface area contributed by atoms with Gasteiger partial charge in [-0.15, -0.1) is 0 Å². The quantitative estimate of drug-likeness (QED) is 0.712. The number of nitrogens with one attached hydrogen (secondary N) is 1. The highest BCUT2D eigenvalue weighted by molar-refractivity contribution is 4.92. The van der Waals surface area contributed by atoms with Crippen molar-refractivity contribution < 1.29 is 0 Å². The van der Waals surface area contributed by atoms with E-state index in [-0.39, 0.29) is 0 Å². The predicted octanol–water partition coefficient (Wildman–Crippen LogP) is 3.42. The van der Waals surface area contributed by atoms with E-state index in [4.69, 9.17) is 0 Å². The molecule has 0 amide bonds. The van der Waals surface area contributed by atoms with Crippen molar-refractivity contribution in [1.82, 2.24) is 10.2 Å². The Labute approximate surface area is 114 Å². The molecule has 0 bridgehead atoms. The molecule has 0 aromatic rings. The van der Waals surface area contributed by atoms with Gasteiger partial charge in [-0.25, -0.2) is 0 Å². The number of hydrogen-bond donors (Lipinski definition) is 1. The van der Waals surface area contributed by atoms with Crippen molar-refractivity contribution in [2.45, 2.75) is 77.3 Å². The zero-order chi connectivity index (χ0) is 13.0. The normalized spacial score (nSPS) is 24.7. The van der Waals surface area contributed by atoms with E-state index in [0.29, 0.717) is 5.41 Å². The fourth-order valence-corrected chi connectivity index (χ4v) is 3.49. The third-order valence-electron chi connectivity index (χ3n) is 5.05. The first-order valence-electron chi connectivity index (χ1n) is 8.09. The Balaban J connectivity index is 1.83. The molecular formula is C16H32N2. The van der Waals surface area contributed by atoms with E-state index in [1.54, 1.807) is 0 Å². The fourth-order valence-electron chi connectivity index (χ4n) is 3.49. The average Bonchev–Trinajstić information content (AvgIpc) is 3.08. The van der Waals surface area contributed by atoms with Crippen LogP contribution in [0.25, 0.3) is 0 Å². The van der Waals surface area contributed by atoms with Crippen LogP contribution in [0.4, 0.5) is 0 Å². The minimum absolute atomic E-state index is 0.583. The molecule has 1 N–H and O–H groups in total. The van der Waals surface area contributed by atoms with Crippen LogP contribution in [-0.2, 0) is 0 Å². The maximum Gasteiger partial charge on any atom is 0.00684 e. The molecule has 2 saturated carbocycles. The van der Waals surface area contributed by atoms with E-state index in [1.165, 1.54) is 64.5 Å². The molecule has 18 heavy (non-hydrogen) atoms. The van der Waals surface area contributed by atoms with E-state index >= 15 is 0 Å². The van der Waals surface area contributed by atoms with Gasteiger partial charge in [0.2, 0.25) is 0 Å². The van der Waals surface area contributed by atoms with E-state index in [2.05, 4.69) is 31.1 Å². The van der Waals surface area contributed by atoms with Crippen molar-refractivity contribution in [1.29, 1.82) is 0 Å². The summed E-state index contributed by atoms with van der Waals surface area (Å²) in [4.78, 5) is 2.61. The second-order valence-electron chi connectivity index (χ2n) is 6.92.